The van der Waals surface area contributed by atoms with Gasteiger partial charge in [0, 0.05) is 0 Å². The first kappa shape index (κ1) is 9.18. The van der Waals surface area contributed by atoms with Crippen LogP contribution in [0.4, 0.5) is 5.69 Å². The third-order valence-electron chi connectivity index (χ3n) is 1.68. The Morgan fingerprint density at radius 1 is 1.38 bits per heavy atom. The molecule has 0 aliphatic carbocycles. The number of hydrogen-bond acceptors (Lipinski definition) is 4. The van der Waals surface area contributed by atoms with Gasteiger partial charge in [-0.25, -0.2) is 0 Å². The molecule has 1 fully saturated rings. The standard InChI is InChI=1S/C8H8N2S3/c11-7-9-10(8(12)13-7)6-4-2-1-3-5-6/h1-5,8,12H,(H,9,11). The number of anilines is 1. The van der Waals surface area contributed by atoms with Gasteiger partial charge in [-0.1, -0.05) is 42.2 Å². The summed E-state index contributed by atoms with van der Waals surface area (Å²) in [6.45, 7) is 0. The number of hydrazine groups is 1. The van der Waals surface area contributed by atoms with E-state index in [4.69, 9.17) is 12.2 Å². The molecular weight excluding hydrogens is 220 g/mol. The average Bonchev–Trinajstić information content (AvgIpc) is 2.47. The van der Waals surface area contributed by atoms with E-state index in [-0.39, 0.29) is 4.71 Å². The van der Waals surface area contributed by atoms with Crippen molar-refractivity contribution < 1.29 is 0 Å². The minimum Gasteiger partial charge on any atom is -0.281 e. The first-order valence-electron chi connectivity index (χ1n) is 3.77. The van der Waals surface area contributed by atoms with Gasteiger partial charge in [-0.05, 0) is 12.1 Å². The van der Waals surface area contributed by atoms with Gasteiger partial charge in [0.15, 0.2) is 4.32 Å². The Bertz CT molecular complexity index is 314. The zero-order valence-corrected chi connectivity index (χ0v) is 9.20. The van der Waals surface area contributed by atoms with Crippen LogP contribution >= 0.6 is 36.6 Å². The molecule has 0 spiro atoms. The van der Waals surface area contributed by atoms with Crippen molar-refractivity contribution in [2.45, 2.75) is 4.71 Å². The molecule has 1 aliphatic heterocycles. The fraction of sp³-hybridized carbons (Fsp3) is 0.125. The van der Waals surface area contributed by atoms with E-state index in [0.29, 0.717) is 0 Å². The van der Waals surface area contributed by atoms with Crippen molar-refractivity contribution in [3.63, 3.8) is 0 Å². The van der Waals surface area contributed by atoms with Gasteiger partial charge in [-0.3, -0.25) is 10.4 Å². The molecule has 68 valence electrons. The average molecular weight is 228 g/mol. The number of rotatable bonds is 1. The molecule has 0 radical (unpaired) electrons. The monoisotopic (exact) mass is 228 g/mol. The summed E-state index contributed by atoms with van der Waals surface area (Å²) in [6, 6.07) is 10.0. The van der Waals surface area contributed by atoms with E-state index < -0.39 is 0 Å². The third kappa shape index (κ3) is 1.92. The summed E-state index contributed by atoms with van der Waals surface area (Å²) < 4.78 is 0.832. The lowest BCUT2D eigenvalue weighted by molar-refractivity contribution is 0.874. The van der Waals surface area contributed by atoms with Crippen LogP contribution in [0.3, 0.4) is 0 Å². The highest BCUT2D eigenvalue weighted by Gasteiger charge is 2.25. The molecule has 1 heterocycles. The number of nitrogens with one attached hydrogen (secondary N) is 1. The van der Waals surface area contributed by atoms with Crippen LogP contribution in [-0.2, 0) is 0 Å². The summed E-state index contributed by atoms with van der Waals surface area (Å²) in [5, 5.41) is 1.94. The van der Waals surface area contributed by atoms with Crippen LogP contribution in [0.1, 0.15) is 0 Å². The lowest BCUT2D eigenvalue weighted by Crippen LogP contribution is -2.35. The van der Waals surface area contributed by atoms with E-state index in [0.717, 1.165) is 10.0 Å². The quantitative estimate of drug-likeness (QED) is 0.566. The van der Waals surface area contributed by atoms with E-state index >= 15 is 0 Å². The van der Waals surface area contributed by atoms with Gasteiger partial charge >= 0.3 is 0 Å². The van der Waals surface area contributed by atoms with Crippen molar-refractivity contribution >= 4 is 46.6 Å². The summed E-state index contributed by atoms with van der Waals surface area (Å²) in [5.74, 6) is 0. The SMILES string of the molecule is S=C1NN(c2ccccc2)C(S)S1. The lowest BCUT2D eigenvalue weighted by atomic mass is 10.3. The van der Waals surface area contributed by atoms with E-state index in [1.807, 2.05) is 35.3 Å². The smallest absolute Gasteiger partial charge is 0.155 e. The molecule has 0 saturated carbocycles. The lowest BCUT2D eigenvalue weighted by Gasteiger charge is -2.20. The van der Waals surface area contributed by atoms with Gasteiger partial charge in [0.05, 0.1) is 5.69 Å². The molecule has 0 aromatic heterocycles. The Kier molecular flexibility index (Phi) is 2.66. The fourth-order valence-corrected chi connectivity index (χ4v) is 2.82. The van der Waals surface area contributed by atoms with E-state index in [1.54, 1.807) is 0 Å². The van der Waals surface area contributed by atoms with Gasteiger partial charge in [0.2, 0.25) is 0 Å². The molecule has 5 heteroatoms. The number of benzene rings is 1. The van der Waals surface area contributed by atoms with Crippen LogP contribution in [-0.4, -0.2) is 9.03 Å². The van der Waals surface area contributed by atoms with Crippen LogP contribution in [0.15, 0.2) is 30.3 Å². The van der Waals surface area contributed by atoms with Gasteiger partial charge in [0.1, 0.15) is 4.71 Å². The van der Waals surface area contributed by atoms with Crippen molar-refractivity contribution in [3.05, 3.63) is 30.3 Å². The second-order valence-corrected chi connectivity index (χ2v) is 5.14. The molecule has 0 amide bonds. The molecule has 13 heavy (non-hydrogen) atoms. The van der Waals surface area contributed by atoms with Crippen LogP contribution < -0.4 is 10.4 Å². The zero-order chi connectivity index (χ0) is 9.26. The largest absolute Gasteiger partial charge is 0.281 e. The molecule has 1 N–H and O–H groups in total. The van der Waals surface area contributed by atoms with Gasteiger partial charge < -0.3 is 0 Å². The molecule has 1 aromatic rings. The van der Waals surface area contributed by atoms with Gasteiger partial charge in [0.25, 0.3) is 0 Å². The highest BCUT2D eigenvalue weighted by atomic mass is 32.2. The van der Waals surface area contributed by atoms with Gasteiger partial charge in [-0.15, -0.1) is 12.6 Å². The zero-order valence-electron chi connectivity index (χ0n) is 6.68. The van der Waals surface area contributed by atoms with Crippen LogP contribution in [0.5, 0.6) is 0 Å². The first-order chi connectivity index (χ1) is 6.27. The van der Waals surface area contributed by atoms with E-state index in [2.05, 4.69) is 18.1 Å². The summed E-state index contributed by atoms with van der Waals surface area (Å²) in [7, 11) is 0. The predicted molar refractivity (Wildman–Crippen MR) is 65.0 cm³/mol. The van der Waals surface area contributed by atoms with E-state index in [9.17, 15) is 0 Å². The Labute approximate surface area is 92.1 Å². The minimum atomic E-state index is 0.0647. The molecule has 1 aliphatic rings. The minimum absolute atomic E-state index is 0.0647. The number of hydrogen-bond donors (Lipinski definition) is 2. The second kappa shape index (κ2) is 3.77. The molecule has 0 bridgehead atoms. The predicted octanol–water partition coefficient (Wildman–Crippen LogP) is 2.24. The summed E-state index contributed by atoms with van der Waals surface area (Å²) in [5.41, 5.74) is 4.15. The number of nitrogens with zero attached hydrogens (tertiary/aromatic N) is 1. The van der Waals surface area contributed by atoms with Crippen LogP contribution in [0.25, 0.3) is 0 Å². The topological polar surface area (TPSA) is 15.3 Å². The summed E-state index contributed by atoms with van der Waals surface area (Å²) in [6.07, 6.45) is 0. The Morgan fingerprint density at radius 2 is 2.08 bits per heavy atom. The normalized spacial score (nSPS) is 21.8. The molecule has 1 atom stereocenters. The van der Waals surface area contributed by atoms with Crippen molar-refractivity contribution in [2.24, 2.45) is 0 Å². The maximum atomic E-state index is 5.03. The number of thiol groups is 1. The number of thioether (sulfide) groups is 1. The molecule has 1 saturated heterocycles. The Balaban J connectivity index is 2.23. The van der Waals surface area contributed by atoms with Crippen molar-refractivity contribution in [1.82, 2.24) is 5.43 Å². The molecule has 2 rings (SSSR count). The van der Waals surface area contributed by atoms with Crippen LogP contribution in [0.2, 0.25) is 0 Å². The fourth-order valence-electron chi connectivity index (χ4n) is 1.11. The highest BCUT2D eigenvalue weighted by molar-refractivity contribution is 8.28. The molecule has 1 aromatic carbocycles. The summed E-state index contributed by atoms with van der Waals surface area (Å²) >= 11 is 11.0. The Hall–Kier alpha value is -0.390. The van der Waals surface area contributed by atoms with Crippen molar-refractivity contribution in [1.29, 1.82) is 0 Å². The van der Waals surface area contributed by atoms with Gasteiger partial charge in [-0.2, -0.15) is 0 Å². The third-order valence-corrected chi connectivity index (χ3v) is 3.33. The summed E-state index contributed by atoms with van der Waals surface area (Å²) in [4.78, 5) is 0. The molecule has 2 nitrogen and oxygen atoms in total. The molecular formula is C8H8N2S3. The number of para-hydroxylation sites is 1. The highest BCUT2D eigenvalue weighted by Crippen LogP contribution is 2.29. The maximum absolute atomic E-state index is 5.03. The first-order valence-corrected chi connectivity index (χ1v) is 5.57. The molecule has 1 unspecified atom stereocenters. The van der Waals surface area contributed by atoms with Crippen molar-refractivity contribution in [3.8, 4) is 0 Å². The number of thiocarbonyl (C=S) groups is 1. The van der Waals surface area contributed by atoms with Crippen LogP contribution in [0, 0.1) is 0 Å². The van der Waals surface area contributed by atoms with Crippen molar-refractivity contribution in [2.75, 3.05) is 5.01 Å². The maximum Gasteiger partial charge on any atom is 0.155 e. The second-order valence-electron chi connectivity index (χ2n) is 2.55. The Morgan fingerprint density at radius 3 is 2.62 bits per heavy atom. The van der Waals surface area contributed by atoms with E-state index in [1.165, 1.54) is 11.8 Å².